The van der Waals surface area contributed by atoms with Crippen LogP contribution >= 0.6 is 11.6 Å². The van der Waals surface area contributed by atoms with Crippen molar-refractivity contribution in [2.75, 3.05) is 19.6 Å². The van der Waals surface area contributed by atoms with E-state index in [1.807, 2.05) is 6.08 Å². The zero-order valence-electron chi connectivity index (χ0n) is 11.7. The van der Waals surface area contributed by atoms with E-state index in [0.717, 1.165) is 44.5 Å². The molecule has 5 heteroatoms. The summed E-state index contributed by atoms with van der Waals surface area (Å²) in [6, 6.07) is 0. The van der Waals surface area contributed by atoms with Gasteiger partial charge in [0.1, 0.15) is 0 Å². The van der Waals surface area contributed by atoms with Gasteiger partial charge in [-0.25, -0.2) is 0 Å². The van der Waals surface area contributed by atoms with Gasteiger partial charge in [0.25, 0.3) is 0 Å². The third-order valence-corrected chi connectivity index (χ3v) is 4.56. The lowest BCUT2D eigenvalue weighted by molar-refractivity contribution is -0.0937. The molecule has 1 aliphatic heterocycles. The Morgan fingerprint density at radius 3 is 2.50 bits per heavy atom. The number of alkyl halides is 4. The van der Waals surface area contributed by atoms with Crippen molar-refractivity contribution in [2.45, 2.75) is 44.2 Å². The van der Waals surface area contributed by atoms with Crippen LogP contribution in [0.1, 0.15) is 32.6 Å². The molecule has 2 rings (SSSR count). The highest BCUT2D eigenvalue weighted by atomic mass is 35.5. The fourth-order valence-electron chi connectivity index (χ4n) is 3.05. The molecule has 0 aromatic heterocycles. The number of allylic oxidation sites excluding steroid dienone is 4. The molecule has 1 nitrogen and oxygen atoms in total. The molecule has 0 N–H and O–H groups in total. The number of hydrogen-bond acceptors (Lipinski definition) is 1. The first-order valence-corrected chi connectivity index (χ1v) is 7.70. The predicted octanol–water partition coefficient (Wildman–Crippen LogP) is 4.53. The number of rotatable bonds is 3. The maximum Gasteiger partial charge on any atom is 0.414 e. The van der Waals surface area contributed by atoms with Gasteiger partial charge in [0, 0.05) is 0 Å². The molecule has 0 aromatic carbocycles. The van der Waals surface area contributed by atoms with Crippen molar-refractivity contribution < 1.29 is 13.2 Å². The van der Waals surface area contributed by atoms with Crippen molar-refractivity contribution in [3.05, 3.63) is 23.3 Å². The van der Waals surface area contributed by atoms with Crippen LogP contribution in [0.5, 0.6) is 0 Å². The summed E-state index contributed by atoms with van der Waals surface area (Å²) in [5.41, 5.74) is 0.262. The molecule has 0 aromatic rings. The minimum atomic E-state index is -4.31. The van der Waals surface area contributed by atoms with E-state index < -0.39 is 17.1 Å². The molecule has 1 saturated heterocycles. The number of hydrogen-bond donors (Lipinski definition) is 0. The molecular weight excluding hydrogens is 287 g/mol. The lowest BCUT2D eigenvalue weighted by Gasteiger charge is -2.34. The summed E-state index contributed by atoms with van der Waals surface area (Å²) in [7, 11) is 0. The first kappa shape index (κ1) is 15.9. The van der Waals surface area contributed by atoms with Crippen molar-refractivity contribution in [1.29, 1.82) is 0 Å². The van der Waals surface area contributed by atoms with Crippen LogP contribution in [0, 0.1) is 5.92 Å². The van der Waals surface area contributed by atoms with Gasteiger partial charge in [0.15, 0.2) is 0 Å². The first-order chi connectivity index (χ1) is 9.41. The lowest BCUT2D eigenvalue weighted by atomic mass is 9.84. The fraction of sp³-hybridized carbons (Fsp3) is 0.733. The molecule has 0 spiro atoms. The van der Waals surface area contributed by atoms with E-state index in [2.05, 4.69) is 11.8 Å². The fourth-order valence-corrected chi connectivity index (χ4v) is 3.32. The van der Waals surface area contributed by atoms with Gasteiger partial charge in [-0.1, -0.05) is 13.0 Å². The minimum absolute atomic E-state index is 0.254. The summed E-state index contributed by atoms with van der Waals surface area (Å²) in [4.78, 5) is 2.39. The van der Waals surface area contributed by atoms with Crippen LogP contribution in [-0.4, -0.2) is 36.1 Å². The second kappa shape index (κ2) is 6.52. The van der Waals surface area contributed by atoms with Gasteiger partial charge in [-0.2, -0.15) is 13.2 Å². The Morgan fingerprint density at radius 1 is 1.30 bits per heavy atom. The standard InChI is InChI=1S/C15H21ClF3N/c1-2-7-20-8-5-11(6-9-20)12-3-4-14(16)13(10-12)15(17,18)19/h3,10-11,14H,2,4-9H2,1H3. The van der Waals surface area contributed by atoms with Crippen LogP contribution < -0.4 is 0 Å². The van der Waals surface area contributed by atoms with Gasteiger partial charge in [0.2, 0.25) is 0 Å². The minimum Gasteiger partial charge on any atom is -0.303 e. The quantitative estimate of drug-likeness (QED) is 0.692. The smallest absolute Gasteiger partial charge is 0.303 e. The van der Waals surface area contributed by atoms with E-state index in [9.17, 15) is 13.2 Å². The Morgan fingerprint density at radius 2 is 1.95 bits per heavy atom. The van der Waals surface area contributed by atoms with Crippen LogP contribution in [0.4, 0.5) is 13.2 Å². The van der Waals surface area contributed by atoms with Crippen LogP contribution in [0.15, 0.2) is 23.3 Å². The van der Waals surface area contributed by atoms with Gasteiger partial charge >= 0.3 is 6.18 Å². The second-order valence-corrected chi connectivity index (χ2v) is 6.15. The molecule has 1 atom stereocenters. The number of nitrogens with zero attached hydrogens (tertiary/aromatic N) is 1. The number of likely N-dealkylation sites (tertiary alicyclic amines) is 1. The number of halogens is 4. The second-order valence-electron chi connectivity index (χ2n) is 5.62. The molecule has 1 fully saturated rings. The Bertz CT molecular complexity index is 392. The summed E-state index contributed by atoms with van der Waals surface area (Å²) >= 11 is 5.79. The molecule has 1 unspecified atom stereocenters. The van der Waals surface area contributed by atoms with Crippen molar-refractivity contribution in [3.63, 3.8) is 0 Å². The van der Waals surface area contributed by atoms with Gasteiger partial charge in [-0.3, -0.25) is 0 Å². The zero-order valence-corrected chi connectivity index (χ0v) is 12.5. The van der Waals surface area contributed by atoms with Gasteiger partial charge in [0.05, 0.1) is 11.0 Å². The Labute approximate surface area is 123 Å². The summed E-state index contributed by atoms with van der Waals surface area (Å²) in [5, 5.41) is -0.932. The van der Waals surface area contributed by atoms with Crippen LogP contribution in [0.2, 0.25) is 0 Å². The Hall–Kier alpha value is -0.480. The van der Waals surface area contributed by atoms with Crippen LogP contribution in [0.25, 0.3) is 0 Å². The highest BCUT2D eigenvalue weighted by Gasteiger charge is 2.39. The van der Waals surface area contributed by atoms with E-state index >= 15 is 0 Å². The summed E-state index contributed by atoms with van der Waals surface area (Å²) in [6.45, 7) is 5.19. The summed E-state index contributed by atoms with van der Waals surface area (Å²) < 4.78 is 38.7. The molecule has 0 amide bonds. The van der Waals surface area contributed by atoms with Crippen LogP contribution in [-0.2, 0) is 0 Å². The van der Waals surface area contributed by atoms with E-state index in [-0.39, 0.29) is 12.3 Å². The van der Waals surface area contributed by atoms with E-state index in [0.29, 0.717) is 0 Å². The molecular formula is C15H21ClF3N. The van der Waals surface area contributed by atoms with Crippen molar-refractivity contribution in [1.82, 2.24) is 4.90 Å². The SMILES string of the molecule is CCCN1CCC(C2=CCC(Cl)C(C(F)(F)F)=C2)CC1. The molecule has 20 heavy (non-hydrogen) atoms. The normalized spacial score (nSPS) is 26.4. The largest absolute Gasteiger partial charge is 0.414 e. The molecule has 0 radical (unpaired) electrons. The first-order valence-electron chi connectivity index (χ1n) is 7.27. The highest BCUT2D eigenvalue weighted by molar-refractivity contribution is 6.22. The molecule has 2 aliphatic rings. The number of piperidine rings is 1. The van der Waals surface area contributed by atoms with Crippen molar-refractivity contribution in [3.8, 4) is 0 Å². The average molecular weight is 308 g/mol. The van der Waals surface area contributed by atoms with Gasteiger partial charge < -0.3 is 4.90 Å². The maximum atomic E-state index is 12.9. The monoisotopic (exact) mass is 307 g/mol. The van der Waals surface area contributed by atoms with E-state index in [1.165, 1.54) is 6.08 Å². The third-order valence-electron chi connectivity index (χ3n) is 4.15. The molecule has 114 valence electrons. The Kier molecular flexibility index (Phi) is 5.19. The van der Waals surface area contributed by atoms with Gasteiger partial charge in [-0.15, -0.1) is 11.6 Å². The molecule has 1 heterocycles. The lowest BCUT2D eigenvalue weighted by Crippen LogP contribution is -2.35. The van der Waals surface area contributed by atoms with Crippen molar-refractivity contribution in [2.24, 2.45) is 5.92 Å². The topological polar surface area (TPSA) is 3.24 Å². The molecule has 1 aliphatic carbocycles. The molecule has 0 bridgehead atoms. The maximum absolute atomic E-state index is 12.9. The third kappa shape index (κ3) is 3.79. The van der Waals surface area contributed by atoms with Gasteiger partial charge in [-0.05, 0) is 62.9 Å². The Balaban J connectivity index is 2.02. The van der Waals surface area contributed by atoms with E-state index in [4.69, 9.17) is 11.6 Å². The highest BCUT2D eigenvalue weighted by Crippen LogP contribution is 2.39. The van der Waals surface area contributed by atoms with Crippen LogP contribution in [0.3, 0.4) is 0 Å². The molecule has 0 saturated carbocycles. The average Bonchev–Trinajstić information content (AvgIpc) is 2.39. The predicted molar refractivity (Wildman–Crippen MR) is 75.9 cm³/mol. The van der Waals surface area contributed by atoms with E-state index in [1.54, 1.807) is 0 Å². The summed E-state index contributed by atoms with van der Waals surface area (Å²) in [5.74, 6) is 0.254. The zero-order chi connectivity index (χ0) is 14.8. The summed E-state index contributed by atoms with van der Waals surface area (Å²) in [6.07, 6.45) is 2.18. The van der Waals surface area contributed by atoms with Crippen molar-refractivity contribution >= 4 is 11.6 Å².